The van der Waals surface area contributed by atoms with Crippen LogP contribution in [0.3, 0.4) is 0 Å². The van der Waals surface area contributed by atoms with Crippen molar-refractivity contribution < 1.29 is 14.3 Å². The maximum Gasteiger partial charge on any atom is 0.323 e. The van der Waals surface area contributed by atoms with Gasteiger partial charge in [0, 0.05) is 43.1 Å². The van der Waals surface area contributed by atoms with Gasteiger partial charge >= 0.3 is 6.03 Å². The molecule has 0 radical (unpaired) electrons. The zero-order valence-electron chi connectivity index (χ0n) is 17.2. The van der Waals surface area contributed by atoms with E-state index in [1.807, 2.05) is 19.2 Å². The Kier molecular flexibility index (Phi) is 5.91. The summed E-state index contributed by atoms with van der Waals surface area (Å²) in [4.78, 5) is 28.1. The lowest BCUT2D eigenvalue weighted by Crippen LogP contribution is -2.19. The molecule has 0 saturated heterocycles. The molecule has 0 spiro atoms. The number of ether oxygens (including phenoxy) is 1. The summed E-state index contributed by atoms with van der Waals surface area (Å²) in [5.41, 5.74) is 2.32. The highest BCUT2D eigenvalue weighted by Gasteiger charge is 2.11. The van der Waals surface area contributed by atoms with Gasteiger partial charge in [0.25, 0.3) is 5.91 Å². The quantitative estimate of drug-likeness (QED) is 0.417. The van der Waals surface area contributed by atoms with Crippen molar-refractivity contribution in [2.45, 2.75) is 0 Å². The summed E-state index contributed by atoms with van der Waals surface area (Å²) < 4.78 is 7.51. The van der Waals surface area contributed by atoms with E-state index in [4.69, 9.17) is 16.3 Å². The van der Waals surface area contributed by atoms with Crippen molar-refractivity contribution >= 4 is 45.8 Å². The number of carbonyl (C=O) groups excluding carboxylic acids is 2. The summed E-state index contributed by atoms with van der Waals surface area (Å²) in [6.07, 6.45) is 3.20. The molecular formula is C22H19ClN6O3. The Morgan fingerprint density at radius 3 is 2.53 bits per heavy atom. The normalized spacial score (nSPS) is 10.6. The summed E-state index contributed by atoms with van der Waals surface area (Å²) in [5, 5.41) is 13.4. The average Bonchev–Trinajstić information content (AvgIpc) is 3.15. The predicted octanol–water partition coefficient (Wildman–Crippen LogP) is 4.42. The molecule has 2 aromatic carbocycles. The predicted molar refractivity (Wildman–Crippen MR) is 123 cm³/mol. The molecule has 3 N–H and O–H groups in total. The molecule has 2 aromatic heterocycles. The van der Waals surface area contributed by atoms with Crippen LogP contribution in [-0.2, 0) is 7.05 Å². The van der Waals surface area contributed by atoms with Gasteiger partial charge in [-0.3, -0.25) is 14.5 Å². The van der Waals surface area contributed by atoms with E-state index in [1.165, 1.54) is 19.3 Å². The van der Waals surface area contributed by atoms with Gasteiger partial charge in [0.1, 0.15) is 17.2 Å². The molecule has 0 bridgehead atoms. The van der Waals surface area contributed by atoms with Crippen LogP contribution in [0.5, 0.6) is 11.5 Å². The number of fused-ring (bicyclic) bond motifs is 1. The molecule has 0 aliphatic carbocycles. The minimum absolute atomic E-state index is 0.223. The number of hydrogen-bond donors (Lipinski definition) is 3. The molecule has 4 rings (SSSR count). The van der Waals surface area contributed by atoms with Crippen LogP contribution in [0.25, 0.3) is 10.9 Å². The van der Waals surface area contributed by atoms with Gasteiger partial charge < -0.3 is 20.7 Å². The SMILES string of the molecule is CNC(=O)c1cc(Oc2ccc(NC(=O)Nc3ccc4c(cnn4C)c3)cc2Cl)ccn1. The highest BCUT2D eigenvalue weighted by Crippen LogP contribution is 2.32. The first-order valence-electron chi connectivity index (χ1n) is 9.58. The average molecular weight is 451 g/mol. The first kappa shape index (κ1) is 21.1. The molecular weight excluding hydrogens is 432 g/mol. The minimum atomic E-state index is -0.415. The van der Waals surface area contributed by atoms with Crippen LogP contribution in [0, 0.1) is 0 Å². The lowest BCUT2D eigenvalue weighted by atomic mass is 10.2. The molecule has 32 heavy (non-hydrogen) atoms. The third-order valence-corrected chi connectivity index (χ3v) is 4.91. The largest absolute Gasteiger partial charge is 0.456 e. The molecule has 0 fully saturated rings. The first-order chi connectivity index (χ1) is 15.4. The maximum absolute atomic E-state index is 12.4. The number of rotatable bonds is 5. The molecule has 162 valence electrons. The Morgan fingerprint density at radius 2 is 1.78 bits per heavy atom. The number of benzene rings is 2. The lowest BCUT2D eigenvalue weighted by Gasteiger charge is -2.11. The van der Waals surface area contributed by atoms with E-state index in [0.717, 1.165) is 10.9 Å². The van der Waals surface area contributed by atoms with E-state index < -0.39 is 6.03 Å². The summed E-state index contributed by atoms with van der Waals surface area (Å²) in [6, 6.07) is 13.1. The van der Waals surface area contributed by atoms with Crippen LogP contribution in [0.2, 0.25) is 5.02 Å². The molecule has 0 aliphatic heterocycles. The third kappa shape index (κ3) is 4.62. The first-order valence-corrected chi connectivity index (χ1v) is 9.96. The van der Waals surface area contributed by atoms with Crippen LogP contribution < -0.4 is 20.7 Å². The molecule has 3 amide bonds. The van der Waals surface area contributed by atoms with Gasteiger partial charge in [-0.05, 0) is 42.5 Å². The van der Waals surface area contributed by atoms with Gasteiger partial charge in [0.15, 0.2) is 0 Å². The van der Waals surface area contributed by atoms with Crippen molar-refractivity contribution in [3.05, 3.63) is 71.6 Å². The van der Waals surface area contributed by atoms with Crippen molar-refractivity contribution in [1.29, 1.82) is 0 Å². The third-order valence-electron chi connectivity index (χ3n) is 4.61. The summed E-state index contributed by atoms with van der Waals surface area (Å²) in [6.45, 7) is 0. The second-order valence-electron chi connectivity index (χ2n) is 6.82. The standard InChI is InChI=1S/C22H19ClN6O3/c1-24-21(30)18-11-16(7-8-25-18)32-20-6-4-15(10-17(20)23)28-22(31)27-14-3-5-19-13(9-14)12-26-29(19)2/h3-12H,1-2H3,(H,24,30)(H2,27,28,31). The molecule has 2 heterocycles. The van der Waals surface area contributed by atoms with E-state index >= 15 is 0 Å². The van der Waals surface area contributed by atoms with Gasteiger partial charge in [-0.25, -0.2) is 4.79 Å². The van der Waals surface area contributed by atoms with Crippen LogP contribution in [0.1, 0.15) is 10.5 Å². The van der Waals surface area contributed by atoms with Crippen LogP contribution in [0.15, 0.2) is 60.9 Å². The summed E-state index contributed by atoms with van der Waals surface area (Å²) in [7, 11) is 3.38. The van der Waals surface area contributed by atoms with Gasteiger partial charge in [-0.15, -0.1) is 0 Å². The van der Waals surface area contributed by atoms with E-state index in [9.17, 15) is 9.59 Å². The zero-order valence-corrected chi connectivity index (χ0v) is 18.0. The molecule has 0 saturated carbocycles. The number of halogens is 1. The number of hydrogen-bond acceptors (Lipinski definition) is 5. The van der Waals surface area contributed by atoms with Gasteiger partial charge in [0.05, 0.1) is 16.7 Å². The van der Waals surface area contributed by atoms with E-state index in [1.54, 1.807) is 41.2 Å². The Labute approximate surface area is 188 Å². The number of nitrogens with one attached hydrogen (secondary N) is 3. The maximum atomic E-state index is 12.4. The van der Waals surface area contributed by atoms with Crippen molar-refractivity contribution in [3.63, 3.8) is 0 Å². The van der Waals surface area contributed by atoms with Gasteiger partial charge in [-0.2, -0.15) is 5.10 Å². The Bertz CT molecular complexity index is 1320. The number of aromatic nitrogens is 3. The highest BCUT2D eigenvalue weighted by molar-refractivity contribution is 6.32. The Morgan fingerprint density at radius 1 is 1.03 bits per heavy atom. The van der Waals surface area contributed by atoms with Crippen molar-refractivity contribution in [1.82, 2.24) is 20.1 Å². The number of amides is 3. The number of anilines is 2. The number of nitrogens with zero attached hydrogens (tertiary/aromatic N) is 3. The van der Waals surface area contributed by atoms with Gasteiger partial charge in [0.2, 0.25) is 0 Å². The second kappa shape index (κ2) is 8.94. The fourth-order valence-electron chi connectivity index (χ4n) is 3.05. The number of aryl methyl sites for hydroxylation is 1. The molecule has 4 aromatic rings. The zero-order chi connectivity index (χ0) is 22.7. The minimum Gasteiger partial charge on any atom is -0.456 e. The van der Waals surface area contributed by atoms with E-state index in [2.05, 4.69) is 26.0 Å². The number of pyridine rings is 1. The summed E-state index contributed by atoms with van der Waals surface area (Å²) in [5.74, 6) is 0.452. The monoisotopic (exact) mass is 450 g/mol. The van der Waals surface area contributed by atoms with Gasteiger partial charge in [-0.1, -0.05) is 11.6 Å². The fourth-order valence-corrected chi connectivity index (χ4v) is 3.27. The van der Waals surface area contributed by atoms with Crippen molar-refractivity contribution in [3.8, 4) is 11.5 Å². The fraction of sp³-hybridized carbons (Fsp3) is 0.0909. The molecule has 10 heteroatoms. The molecule has 0 atom stereocenters. The smallest absolute Gasteiger partial charge is 0.323 e. The molecule has 9 nitrogen and oxygen atoms in total. The topological polar surface area (TPSA) is 110 Å². The Balaban J connectivity index is 1.42. The van der Waals surface area contributed by atoms with Crippen LogP contribution in [0.4, 0.5) is 16.2 Å². The van der Waals surface area contributed by atoms with Crippen LogP contribution >= 0.6 is 11.6 Å². The van der Waals surface area contributed by atoms with E-state index in [0.29, 0.717) is 22.9 Å². The number of carbonyl (C=O) groups is 2. The lowest BCUT2D eigenvalue weighted by molar-refractivity contribution is 0.0958. The molecule has 0 unspecified atom stereocenters. The van der Waals surface area contributed by atoms with Crippen LogP contribution in [-0.4, -0.2) is 33.8 Å². The highest BCUT2D eigenvalue weighted by atomic mass is 35.5. The van der Waals surface area contributed by atoms with Crippen molar-refractivity contribution in [2.24, 2.45) is 7.05 Å². The molecule has 0 aliphatic rings. The summed E-state index contributed by atoms with van der Waals surface area (Å²) >= 11 is 6.32. The van der Waals surface area contributed by atoms with Crippen molar-refractivity contribution in [2.75, 3.05) is 17.7 Å². The van der Waals surface area contributed by atoms with E-state index in [-0.39, 0.29) is 16.6 Å². The number of urea groups is 1. The Hall–Kier alpha value is -4.11. The second-order valence-corrected chi connectivity index (χ2v) is 7.23.